The second-order valence-electron chi connectivity index (χ2n) is 3.44. The van der Waals surface area contributed by atoms with Gasteiger partial charge in [-0.2, -0.15) is 4.98 Å². The highest BCUT2D eigenvalue weighted by Crippen LogP contribution is 2.14. The van der Waals surface area contributed by atoms with Crippen LogP contribution in [-0.4, -0.2) is 36.1 Å². The number of nitrogens with zero attached hydrogens (tertiary/aromatic N) is 2. The lowest BCUT2D eigenvalue weighted by atomic mass is 10.3. The Labute approximate surface area is 82.2 Å². The van der Waals surface area contributed by atoms with Gasteiger partial charge in [0.2, 0.25) is 0 Å². The minimum absolute atomic E-state index is 0.276. The van der Waals surface area contributed by atoms with Gasteiger partial charge in [0.25, 0.3) is 0 Å². The maximum absolute atomic E-state index is 10.9. The highest BCUT2D eigenvalue weighted by molar-refractivity contribution is 5.48. The van der Waals surface area contributed by atoms with Crippen molar-refractivity contribution in [3.8, 4) is 0 Å². The first-order chi connectivity index (χ1) is 6.77. The topological polar surface area (TPSA) is 61.0 Å². The number of aromatic nitrogens is 2. The molecule has 2 rings (SSSR count). The van der Waals surface area contributed by atoms with E-state index in [1.807, 2.05) is 6.92 Å². The van der Waals surface area contributed by atoms with Gasteiger partial charge in [-0.05, 0) is 6.92 Å². The molecule has 0 aliphatic carbocycles. The Bertz CT molecular complexity index is 367. The molecule has 1 fully saturated rings. The highest BCUT2D eigenvalue weighted by Gasteiger charge is 2.12. The predicted octanol–water partition coefficient (Wildman–Crippen LogP) is -0.512. The predicted molar refractivity (Wildman–Crippen MR) is 54.7 cm³/mol. The van der Waals surface area contributed by atoms with Crippen LogP contribution in [0.15, 0.2) is 11.0 Å². The first-order valence-corrected chi connectivity index (χ1v) is 4.79. The number of nitrogens with one attached hydrogen (secondary N) is 2. The average molecular weight is 194 g/mol. The van der Waals surface area contributed by atoms with Crippen molar-refractivity contribution in [2.75, 3.05) is 31.1 Å². The Morgan fingerprint density at radius 2 is 2.14 bits per heavy atom. The van der Waals surface area contributed by atoms with Crippen molar-refractivity contribution in [3.63, 3.8) is 0 Å². The Hall–Kier alpha value is -1.36. The first-order valence-electron chi connectivity index (χ1n) is 4.79. The minimum Gasteiger partial charge on any atom is -0.366 e. The molecule has 2 heterocycles. The van der Waals surface area contributed by atoms with Crippen LogP contribution in [0.2, 0.25) is 0 Å². The van der Waals surface area contributed by atoms with Gasteiger partial charge in [0.05, 0.1) is 11.9 Å². The van der Waals surface area contributed by atoms with Crippen molar-refractivity contribution in [1.82, 2.24) is 15.3 Å². The molecule has 0 aromatic carbocycles. The van der Waals surface area contributed by atoms with Gasteiger partial charge in [0, 0.05) is 31.9 Å². The summed E-state index contributed by atoms with van der Waals surface area (Å²) in [7, 11) is 0. The minimum atomic E-state index is -0.276. The van der Waals surface area contributed by atoms with E-state index < -0.39 is 0 Å². The third kappa shape index (κ3) is 1.77. The quantitative estimate of drug-likeness (QED) is 0.632. The van der Waals surface area contributed by atoms with E-state index in [2.05, 4.69) is 20.2 Å². The lowest BCUT2D eigenvalue weighted by Gasteiger charge is -2.29. The number of H-pyrrole nitrogens is 1. The van der Waals surface area contributed by atoms with Crippen LogP contribution in [0.3, 0.4) is 0 Å². The van der Waals surface area contributed by atoms with Crippen molar-refractivity contribution < 1.29 is 0 Å². The SMILES string of the molecule is Cc1[nH]c(=O)ncc1N1CCNCC1. The molecule has 14 heavy (non-hydrogen) atoms. The highest BCUT2D eigenvalue weighted by atomic mass is 16.1. The zero-order chi connectivity index (χ0) is 9.97. The van der Waals surface area contributed by atoms with Crippen LogP contribution < -0.4 is 15.9 Å². The maximum atomic E-state index is 10.9. The molecule has 0 bridgehead atoms. The maximum Gasteiger partial charge on any atom is 0.345 e. The largest absolute Gasteiger partial charge is 0.366 e. The third-order valence-corrected chi connectivity index (χ3v) is 2.44. The van der Waals surface area contributed by atoms with E-state index in [0.29, 0.717) is 0 Å². The Morgan fingerprint density at radius 3 is 2.79 bits per heavy atom. The Kier molecular flexibility index (Phi) is 2.49. The van der Waals surface area contributed by atoms with Crippen molar-refractivity contribution in [2.45, 2.75) is 6.92 Å². The first kappa shape index (κ1) is 9.21. The van der Waals surface area contributed by atoms with Crippen LogP contribution in [0.1, 0.15) is 5.69 Å². The number of hydrogen-bond acceptors (Lipinski definition) is 4. The Morgan fingerprint density at radius 1 is 1.43 bits per heavy atom. The molecule has 5 nitrogen and oxygen atoms in total. The normalized spacial score (nSPS) is 17.1. The van der Waals surface area contributed by atoms with Crippen LogP contribution in [0, 0.1) is 6.92 Å². The van der Waals surface area contributed by atoms with Gasteiger partial charge in [-0.1, -0.05) is 0 Å². The van der Waals surface area contributed by atoms with Crippen LogP contribution >= 0.6 is 0 Å². The molecule has 0 atom stereocenters. The van der Waals surface area contributed by atoms with Gasteiger partial charge >= 0.3 is 5.69 Å². The molecule has 0 radical (unpaired) electrons. The summed E-state index contributed by atoms with van der Waals surface area (Å²) in [6.07, 6.45) is 1.65. The molecule has 0 amide bonds. The molecule has 1 aromatic heterocycles. The van der Waals surface area contributed by atoms with Crippen LogP contribution in [0.25, 0.3) is 0 Å². The van der Waals surface area contributed by atoms with Gasteiger partial charge in [-0.15, -0.1) is 0 Å². The third-order valence-electron chi connectivity index (χ3n) is 2.44. The summed E-state index contributed by atoms with van der Waals surface area (Å²) in [4.78, 5) is 19.6. The molecule has 1 aromatic rings. The van der Waals surface area contributed by atoms with Gasteiger partial charge in [-0.25, -0.2) is 4.79 Å². The summed E-state index contributed by atoms with van der Waals surface area (Å²) in [6, 6.07) is 0. The van der Waals surface area contributed by atoms with Gasteiger partial charge in [0.15, 0.2) is 0 Å². The molecule has 2 N–H and O–H groups in total. The molecule has 1 aliphatic heterocycles. The number of hydrogen-bond donors (Lipinski definition) is 2. The summed E-state index contributed by atoms with van der Waals surface area (Å²) in [5.41, 5.74) is 1.65. The molecule has 0 spiro atoms. The number of piperazine rings is 1. The zero-order valence-corrected chi connectivity index (χ0v) is 8.21. The smallest absolute Gasteiger partial charge is 0.345 e. The molecule has 0 unspecified atom stereocenters. The monoisotopic (exact) mass is 194 g/mol. The van der Waals surface area contributed by atoms with Crippen molar-refractivity contribution in [3.05, 3.63) is 22.4 Å². The summed E-state index contributed by atoms with van der Waals surface area (Å²) in [5.74, 6) is 0. The number of aryl methyl sites for hydroxylation is 1. The van der Waals surface area contributed by atoms with E-state index >= 15 is 0 Å². The van der Waals surface area contributed by atoms with Gasteiger partial charge < -0.3 is 15.2 Å². The molecular formula is C9H14N4O. The van der Waals surface area contributed by atoms with E-state index in [1.165, 1.54) is 0 Å². The number of anilines is 1. The molecular weight excluding hydrogens is 180 g/mol. The molecule has 5 heteroatoms. The summed E-state index contributed by atoms with van der Waals surface area (Å²) >= 11 is 0. The fraction of sp³-hybridized carbons (Fsp3) is 0.556. The number of aromatic amines is 1. The van der Waals surface area contributed by atoms with Crippen LogP contribution in [0.5, 0.6) is 0 Å². The standard InChI is InChI=1S/C9H14N4O/c1-7-8(6-11-9(14)12-7)13-4-2-10-3-5-13/h6,10H,2-5H2,1H3,(H,11,12,14). The van der Waals surface area contributed by atoms with Gasteiger partial charge in [-0.3, -0.25) is 0 Å². The van der Waals surface area contributed by atoms with Crippen LogP contribution in [0.4, 0.5) is 5.69 Å². The van der Waals surface area contributed by atoms with Crippen molar-refractivity contribution in [2.24, 2.45) is 0 Å². The van der Waals surface area contributed by atoms with E-state index in [0.717, 1.165) is 37.6 Å². The van der Waals surface area contributed by atoms with Crippen LogP contribution in [-0.2, 0) is 0 Å². The van der Waals surface area contributed by atoms with E-state index in [-0.39, 0.29) is 5.69 Å². The molecule has 76 valence electrons. The van der Waals surface area contributed by atoms with Gasteiger partial charge in [0.1, 0.15) is 0 Å². The lowest BCUT2D eigenvalue weighted by Crippen LogP contribution is -2.44. The summed E-state index contributed by atoms with van der Waals surface area (Å²) < 4.78 is 0. The summed E-state index contributed by atoms with van der Waals surface area (Å²) in [6.45, 7) is 5.81. The average Bonchev–Trinajstić information content (AvgIpc) is 2.19. The Balaban J connectivity index is 2.26. The van der Waals surface area contributed by atoms with E-state index in [4.69, 9.17) is 0 Å². The lowest BCUT2D eigenvalue weighted by molar-refractivity contribution is 0.586. The number of rotatable bonds is 1. The van der Waals surface area contributed by atoms with Crippen molar-refractivity contribution in [1.29, 1.82) is 0 Å². The molecule has 1 saturated heterocycles. The van der Waals surface area contributed by atoms with E-state index in [9.17, 15) is 4.79 Å². The second kappa shape index (κ2) is 3.79. The zero-order valence-electron chi connectivity index (χ0n) is 8.21. The molecule has 1 aliphatic rings. The fourth-order valence-corrected chi connectivity index (χ4v) is 1.70. The fourth-order valence-electron chi connectivity index (χ4n) is 1.70. The summed E-state index contributed by atoms with van der Waals surface area (Å²) in [5, 5.41) is 3.28. The second-order valence-corrected chi connectivity index (χ2v) is 3.44. The van der Waals surface area contributed by atoms with Crippen molar-refractivity contribution >= 4 is 5.69 Å². The molecule has 0 saturated carbocycles. The van der Waals surface area contributed by atoms with E-state index in [1.54, 1.807) is 6.20 Å².